The summed E-state index contributed by atoms with van der Waals surface area (Å²) in [6.07, 6.45) is 3.45. The summed E-state index contributed by atoms with van der Waals surface area (Å²) in [5.74, 6) is -0.167. The van der Waals surface area contributed by atoms with Crippen molar-refractivity contribution in [2.24, 2.45) is 0 Å². The van der Waals surface area contributed by atoms with Gasteiger partial charge >= 0.3 is 5.69 Å². The van der Waals surface area contributed by atoms with Crippen LogP contribution in [-0.2, 0) is 17.9 Å². The number of hydrogen-bond donors (Lipinski definition) is 0. The summed E-state index contributed by atoms with van der Waals surface area (Å²) in [6, 6.07) is 9.20. The predicted molar refractivity (Wildman–Crippen MR) is 91.1 cm³/mol. The third kappa shape index (κ3) is 3.48. The number of aromatic nitrogens is 2. The fourth-order valence-electron chi connectivity index (χ4n) is 2.91. The summed E-state index contributed by atoms with van der Waals surface area (Å²) in [7, 11) is 0. The van der Waals surface area contributed by atoms with Gasteiger partial charge in [-0.1, -0.05) is 29.8 Å². The van der Waals surface area contributed by atoms with Crippen LogP contribution in [-0.4, -0.2) is 33.0 Å². The van der Waals surface area contributed by atoms with Crippen LogP contribution >= 0.6 is 0 Å². The predicted octanol–water partition coefficient (Wildman–Crippen LogP) is 0.989. The summed E-state index contributed by atoms with van der Waals surface area (Å²) in [6.45, 7) is 3.60. The lowest BCUT2D eigenvalue weighted by atomic mass is 10.1. The molecule has 0 N–H and O–H groups in total. The molecule has 0 unspecified atom stereocenters. The summed E-state index contributed by atoms with van der Waals surface area (Å²) in [5, 5.41) is 0. The van der Waals surface area contributed by atoms with E-state index in [2.05, 4.69) is 0 Å². The molecule has 0 spiro atoms. The maximum atomic E-state index is 12.6. The Morgan fingerprint density at radius 3 is 2.38 bits per heavy atom. The average molecular weight is 327 g/mol. The second kappa shape index (κ2) is 6.86. The normalized spacial score (nSPS) is 14.1. The zero-order chi connectivity index (χ0) is 17.1. The van der Waals surface area contributed by atoms with Crippen LogP contribution in [0.5, 0.6) is 0 Å². The molecule has 3 rings (SSSR count). The molecule has 1 amide bonds. The number of amides is 1. The minimum absolute atomic E-state index is 0.167. The van der Waals surface area contributed by atoms with Crippen LogP contribution in [0.2, 0.25) is 0 Å². The van der Waals surface area contributed by atoms with Crippen molar-refractivity contribution in [2.75, 3.05) is 13.1 Å². The van der Waals surface area contributed by atoms with E-state index in [-0.39, 0.29) is 12.5 Å². The lowest BCUT2D eigenvalue weighted by Crippen LogP contribution is -2.43. The van der Waals surface area contributed by atoms with Gasteiger partial charge in [0, 0.05) is 25.4 Å². The van der Waals surface area contributed by atoms with Gasteiger partial charge in [-0.25, -0.2) is 4.79 Å². The molecular formula is C18H21N3O3. The van der Waals surface area contributed by atoms with E-state index in [4.69, 9.17) is 0 Å². The zero-order valence-electron chi connectivity index (χ0n) is 13.8. The van der Waals surface area contributed by atoms with Crippen molar-refractivity contribution in [2.45, 2.75) is 32.9 Å². The Morgan fingerprint density at radius 2 is 1.71 bits per heavy atom. The monoisotopic (exact) mass is 327 g/mol. The summed E-state index contributed by atoms with van der Waals surface area (Å²) >= 11 is 0. The smallest absolute Gasteiger partial charge is 0.331 e. The Morgan fingerprint density at radius 1 is 1.04 bits per heavy atom. The number of rotatable bonds is 4. The van der Waals surface area contributed by atoms with E-state index in [9.17, 15) is 14.4 Å². The lowest BCUT2D eigenvalue weighted by molar-refractivity contribution is -0.130. The number of aryl methyl sites for hydroxylation is 1. The molecule has 6 nitrogen and oxygen atoms in total. The van der Waals surface area contributed by atoms with E-state index in [1.165, 1.54) is 16.8 Å². The minimum Gasteiger partial charge on any atom is -0.341 e. The van der Waals surface area contributed by atoms with Gasteiger partial charge in [-0.15, -0.1) is 0 Å². The van der Waals surface area contributed by atoms with Gasteiger partial charge in [0.05, 0.1) is 6.54 Å². The SMILES string of the molecule is Cc1ccc(Cn2ccc(=O)n(CC(=O)N3CCCC3)c2=O)cc1. The van der Waals surface area contributed by atoms with E-state index in [1.807, 2.05) is 31.2 Å². The first-order chi connectivity index (χ1) is 11.5. The van der Waals surface area contributed by atoms with Crippen molar-refractivity contribution >= 4 is 5.91 Å². The highest BCUT2D eigenvalue weighted by atomic mass is 16.2. The lowest BCUT2D eigenvalue weighted by Gasteiger charge is -2.16. The molecule has 1 aliphatic rings. The summed E-state index contributed by atoms with van der Waals surface area (Å²) in [5.41, 5.74) is 1.23. The van der Waals surface area contributed by atoms with Crippen molar-refractivity contribution in [1.29, 1.82) is 0 Å². The van der Waals surface area contributed by atoms with Crippen molar-refractivity contribution in [3.8, 4) is 0 Å². The maximum absolute atomic E-state index is 12.6. The third-order valence-electron chi connectivity index (χ3n) is 4.37. The van der Waals surface area contributed by atoms with Crippen molar-refractivity contribution in [3.05, 3.63) is 68.5 Å². The zero-order valence-corrected chi connectivity index (χ0v) is 13.8. The van der Waals surface area contributed by atoms with Gasteiger partial charge in [0.2, 0.25) is 5.91 Å². The molecular weight excluding hydrogens is 306 g/mol. The number of carbonyl (C=O) groups is 1. The van der Waals surface area contributed by atoms with Gasteiger partial charge in [-0.3, -0.25) is 18.7 Å². The minimum atomic E-state index is -0.448. The highest BCUT2D eigenvalue weighted by molar-refractivity contribution is 5.76. The molecule has 1 aromatic carbocycles. The first kappa shape index (κ1) is 16.2. The number of benzene rings is 1. The Labute approximate surface area is 140 Å². The van der Waals surface area contributed by atoms with Crippen LogP contribution in [0.25, 0.3) is 0 Å². The van der Waals surface area contributed by atoms with Crippen molar-refractivity contribution in [1.82, 2.24) is 14.0 Å². The fraction of sp³-hybridized carbons (Fsp3) is 0.389. The maximum Gasteiger partial charge on any atom is 0.331 e. The van der Waals surface area contributed by atoms with E-state index >= 15 is 0 Å². The molecule has 0 radical (unpaired) electrons. The molecule has 1 saturated heterocycles. The second-order valence-corrected chi connectivity index (χ2v) is 6.22. The molecule has 0 bridgehead atoms. The largest absolute Gasteiger partial charge is 0.341 e. The third-order valence-corrected chi connectivity index (χ3v) is 4.37. The van der Waals surface area contributed by atoms with Crippen LogP contribution in [0.1, 0.15) is 24.0 Å². The summed E-state index contributed by atoms with van der Waals surface area (Å²) in [4.78, 5) is 38.5. The van der Waals surface area contributed by atoms with Crippen LogP contribution < -0.4 is 11.2 Å². The van der Waals surface area contributed by atoms with Crippen LogP contribution in [0, 0.1) is 6.92 Å². The van der Waals surface area contributed by atoms with Gasteiger partial charge in [-0.05, 0) is 25.3 Å². The van der Waals surface area contributed by atoms with Crippen LogP contribution in [0.4, 0.5) is 0 Å². The Bertz CT molecular complexity index is 843. The van der Waals surface area contributed by atoms with E-state index in [0.717, 1.165) is 28.5 Å². The molecule has 2 heterocycles. The van der Waals surface area contributed by atoms with Gasteiger partial charge in [0.15, 0.2) is 0 Å². The molecule has 2 aromatic rings. The van der Waals surface area contributed by atoms with Gasteiger partial charge in [0.1, 0.15) is 6.54 Å². The van der Waals surface area contributed by atoms with E-state index < -0.39 is 11.2 Å². The fourth-order valence-corrected chi connectivity index (χ4v) is 2.91. The first-order valence-corrected chi connectivity index (χ1v) is 8.18. The van der Waals surface area contributed by atoms with E-state index in [1.54, 1.807) is 4.90 Å². The van der Waals surface area contributed by atoms with Crippen LogP contribution in [0.3, 0.4) is 0 Å². The highest BCUT2D eigenvalue weighted by Crippen LogP contribution is 2.07. The number of hydrogen-bond acceptors (Lipinski definition) is 3. The molecule has 0 atom stereocenters. The standard InChI is InChI=1S/C18H21N3O3/c1-14-4-6-15(7-5-14)12-20-11-8-16(22)21(18(20)24)13-17(23)19-9-2-3-10-19/h4-8,11H,2-3,9-10,12-13H2,1H3. The number of nitrogens with zero attached hydrogens (tertiary/aromatic N) is 3. The number of likely N-dealkylation sites (tertiary alicyclic amines) is 1. The molecule has 1 aliphatic heterocycles. The van der Waals surface area contributed by atoms with Gasteiger partial charge < -0.3 is 4.90 Å². The molecule has 0 aliphatic carbocycles. The Hall–Kier alpha value is -2.63. The molecule has 1 aromatic heterocycles. The molecule has 6 heteroatoms. The molecule has 24 heavy (non-hydrogen) atoms. The van der Waals surface area contributed by atoms with Gasteiger partial charge in [-0.2, -0.15) is 0 Å². The Balaban J connectivity index is 1.84. The number of carbonyl (C=O) groups excluding carboxylic acids is 1. The quantitative estimate of drug-likeness (QED) is 0.841. The van der Waals surface area contributed by atoms with Crippen molar-refractivity contribution in [3.63, 3.8) is 0 Å². The highest BCUT2D eigenvalue weighted by Gasteiger charge is 2.19. The van der Waals surface area contributed by atoms with Crippen molar-refractivity contribution < 1.29 is 4.79 Å². The molecule has 1 fully saturated rings. The van der Waals surface area contributed by atoms with E-state index in [0.29, 0.717) is 19.6 Å². The molecule has 0 saturated carbocycles. The molecule has 126 valence electrons. The average Bonchev–Trinajstić information content (AvgIpc) is 3.10. The topological polar surface area (TPSA) is 64.3 Å². The van der Waals surface area contributed by atoms with Gasteiger partial charge in [0.25, 0.3) is 5.56 Å². The second-order valence-electron chi connectivity index (χ2n) is 6.22. The Kier molecular flexibility index (Phi) is 4.64. The first-order valence-electron chi connectivity index (χ1n) is 8.18. The summed E-state index contributed by atoms with van der Waals surface area (Å²) < 4.78 is 2.48. The van der Waals surface area contributed by atoms with Crippen LogP contribution in [0.15, 0.2) is 46.1 Å².